The lowest BCUT2D eigenvalue weighted by molar-refractivity contribution is 0.385. The Bertz CT molecular complexity index is 562. The molecule has 19 heavy (non-hydrogen) atoms. The normalized spacial score (nSPS) is 23.5. The molecule has 0 heterocycles. The maximum atomic E-state index is 13.5. The van der Waals surface area contributed by atoms with E-state index in [1.54, 1.807) is 0 Å². The maximum Gasteiger partial charge on any atom is 0.240 e. The van der Waals surface area contributed by atoms with Crippen molar-refractivity contribution in [2.75, 3.05) is 7.11 Å². The molecule has 1 aromatic carbocycles. The fourth-order valence-corrected chi connectivity index (χ4v) is 3.55. The molecule has 1 aliphatic rings. The van der Waals surface area contributed by atoms with Crippen molar-refractivity contribution < 1.29 is 17.5 Å². The average molecular weight is 288 g/mol. The van der Waals surface area contributed by atoms with E-state index in [-0.39, 0.29) is 22.7 Å². The molecule has 0 spiro atoms. The van der Waals surface area contributed by atoms with E-state index in [1.165, 1.54) is 19.2 Å². The van der Waals surface area contributed by atoms with Crippen LogP contribution in [0.1, 0.15) is 19.3 Å². The molecule has 0 amide bonds. The number of nitrogens with two attached hydrogens (primary N) is 1. The van der Waals surface area contributed by atoms with Crippen LogP contribution in [0.15, 0.2) is 23.1 Å². The predicted molar refractivity (Wildman–Crippen MR) is 68.9 cm³/mol. The van der Waals surface area contributed by atoms with Gasteiger partial charge in [-0.2, -0.15) is 0 Å². The van der Waals surface area contributed by atoms with Crippen molar-refractivity contribution in [1.29, 1.82) is 0 Å². The number of sulfonamides is 1. The number of rotatable bonds is 4. The van der Waals surface area contributed by atoms with Crippen LogP contribution in [0, 0.1) is 5.82 Å². The minimum atomic E-state index is -3.75. The van der Waals surface area contributed by atoms with Gasteiger partial charge in [0, 0.05) is 12.1 Å². The first-order valence-corrected chi connectivity index (χ1v) is 7.54. The van der Waals surface area contributed by atoms with Gasteiger partial charge in [0.25, 0.3) is 0 Å². The molecule has 2 atom stereocenters. The number of ether oxygens (including phenoxy) is 1. The summed E-state index contributed by atoms with van der Waals surface area (Å²) < 4.78 is 45.0. The molecule has 1 aliphatic carbocycles. The Morgan fingerprint density at radius 3 is 2.68 bits per heavy atom. The zero-order valence-corrected chi connectivity index (χ0v) is 11.4. The highest BCUT2D eigenvalue weighted by molar-refractivity contribution is 7.89. The first-order valence-electron chi connectivity index (χ1n) is 6.05. The van der Waals surface area contributed by atoms with E-state index in [4.69, 9.17) is 10.5 Å². The fraction of sp³-hybridized carbons (Fsp3) is 0.500. The molecule has 1 fully saturated rings. The van der Waals surface area contributed by atoms with Crippen LogP contribution >= 0.6 is 0 Å². The molecule has 0 aliphatic heterocycles. The zero-order valence-electron chi connectivity index (χ0n) is 10.6. The molecule has 1 aromatic rings. The molecule has 2 rings (SSSR count). The molecule has 3 N–H and O–H groups in total. The molecule has 106 valence electrons. The summed E-state index contributed by atoms with van der Waals surface area (Å²) in [7, 11) is -2.43. The van der Waals surface area contributed by atoms with Crippen LogP contribution in [0.25, 0.3) is 0 Å². The summed E-state index contributed by atoms with van der Waals surface area (Å²) in [6.07, 6.45) is 2.40. The molecular formula is C12H17FN2O3S. The second-order valence-corrected chi connectivity index (χ2v) is 6.33. The number of halogens is 1. The largest absolute Gasteiger partial charge is 0.494 e. The van der Waals surface area contributed by atoms with Crippen LogP contribution in [0.2, 0.25) is 0 Å². The highest BCUT2D eigenvalue weighted by atomic mass is 32.2. The predicted octanol–water partition coefficient (Wildman–Crippen LogP) is 0.992. The second kappa shape index (κ2) is 5.44. The monoisotopic (exact) mass is 288 g/mol. The smallest absolute Gasteiger partial charge is 0.240 e. The average Bonchev–Trinajstić information content (AvgIpc) is 2.74. The van der Waals surface area contributed by atoms with Gasteiger partial charge in [0.15, 0.2) is 11.6 Å². The number of nitrogens with one attached hydrogen (secondary N) is 1. The SMILES string of the molecule is COc1ccc(S(=O)(=O)NC2CCCC2N)cc1F. The minimum Gasteiger partial charge on any atom is -0.494 e. The van der Waals surface area contributed by atoms with Crippen LogP contribution in [0.3, 0.4) is 0 Å². The van der Waals surface area contributed by atoms with Crippen molar-refractivity contribution in [2.45, 2.75) is 36.2 Å². The Labute approximate surface area is 112 Å². The standard InChI is InChI=1S/C12H17FN2O3S/c1-18-12-6-5-8(7-9(12)13)19(16,17)15-11-4-2-3-10(11)14/h5-7,10-11,15H,2-4,14H2,1H3. The Balaban J connectivity index is 2.22. The molecule has 0 aromatic heterocycles. The number of hydrogen-bond acceptors (Lipinski definition) is 4. The van der Waals surface area contributed by atoms with Gasteiger partial charge in [-0.3, -0.25) is 0 Å². The van der Waals surface area contributed by atoms with Gasteiger partial charge >= 0.3 is 0 Å². The van der Waals surface area contributed by atoms with E-state index in [0.29, 0.717) is 6.42 Å². The Morgan fingerprint density at radius 2 is 2.16 bits per heavy atom. The van der Waals surface area contributed by atoms with Gasteiger partial charge in [-0.25, -0.2) is 17.5 Å². The number of methoxy groups -OCH3 is 1. The van der Waals surface area contributed by atoms with Crippen LogP contribution < -0.4 is 15.2 Å². The van der Waals surface area contributed by atoms with Gasteiger partial charge < -0.3 is 10.5 Å². The van der Waals surface area contributed by atoms with E-state index in [1.807, 2.05) is 0 Å². The van der Waals surface area contributed by atoms with Crippen LogP contribution in [0.4, 0.5) is 4.39 Å². The summed E-state index contributed by atoms with van der Waals surface area (Å²) in [5.41, 5.74) is 5.82. The summed E-state index contributed by atoms with van der Waals surface area (Å²) >= 11 is 0. The van der Waals surface area contributed by atoms with Crippen molar-refractivity contribution in [3.8, 4) is 5.75 Å². The minimum absolute atomic E-state index is 0.0107. The summed E-state index contributed by atoms with van der Waals surface area (Å²) in [6.45, 7) is 0. The zero-order chi connectivity index (χ0) is 14.0. The van der Waals surface area contributed by atoms with Crippen molar-refractivity contribution in [1.82, 2.24) is 4.72 Å². The third-order valence-corrected chi connectivity index (χ3v) is 4.80. The summed E-state index contributed by atoms with van der Waals surface area (Å²) in [6, 6.07) is 3.08. The molecule has 0 bridgehead atoms. The Kier molecular flexibility index (Phi) is 4.07. The topological polar surface area (TPSA) is 81.4 Å². The molecule has 2 unspecified atom stereocenters. The van der Waals surface area contributed by atoms with E-state index in [9.17, 15) is 12.8 Å². The van der Waals surface area contributed by atoms with Gasteiger partial charge in [0.2, 0.25) is 10.0 Å². The third kappa shape index (κ3) is 3.05. The van der Waals surface area contributed by atoms with E-state index < -0.39 is 15.8 Å². The molecule has 0 saturated heterocycles. The van der Waals surface area contributed by atoms with E-state index in [2.05, 4.69) is 4.72 Å². The molecule has 1 saturated carbocycles. The number of hydrogen-bond donors (Lipinski definition) is 2. The van der Waals surface area contributed by atoms with E-state index >= 15 is 0 Å². The Morgan fingerprint density at radius 1 is 1.42 bits per heavy atom. The third-order valence-electron chi connectivity index (χ3n) is 3.31. The second-order valence-electron chi connectivity index (χ2n) is 4.62. The first-order chi connectivity index (χ1) is 8.94. The van der Waals surface area contributed by atoms with Crippen molar-refractivity contribution in [3.05, 3.63) is 24.0 Å². The summed E-state index contributed by atoms with van der Waals surface area (Å²) in [5, 5.41) is 0. The van der Waals surface area contributed by atoms with Gasteiger partial charge in [-0.15, -0.1) is 0 Å². The van der Waals surface area contributed by atoms with Crippen LogP contribution in [-0.2, 0) is 10.0 Å². The fourth-order valence-electron chi connectivity index (χ4n) is 2.22. The first kappa shape index (κ1) is 14.2. The quantitative estimate of drug-likeness (QED) is 0.866. The summed E-state index contributed by atoms with van der Waals surface area (Å²) in [4.78, 5) is -0.120. The van der Waals surface area contributed by atoms with Gasteiger partial charge in [-0.1, -0.05) is 6.42 Å². The van der Waals surface area contributed by atoms with Crippen LogP contribution in [0.5, 0.6) is 5.75 Å². The molecular weight excluding hydrogens is 271 g/mol. The van der Waals surface area contributed by atoms with E-state index in [0.717, 1.165) is 18.9 Å². The number of benzene rings is 1. The van der Waals surface area contributed by atoms with Crippen LogP contribution in [-0.4, -0.2) is 27.6 Å². The van der Waals surface area contributed by atoms with Gasteiger partial charge in [0.05, 0.1) is 12.0 Å². The molecule has 7 heteroatoms. The lowest BCUT2D eigenvalue weighted by Crippen LogP contribution is -2.43. The lowest BCUT2D eigenvalue weighted by atomic mass is 10.2. The van der Waals surface area contributed by atoms with Gasteiger partial charge in [-0.05, 0) is 31.0 Å². The highest BCUT2D eigenvalue weighted by Crippen LogP contribution is 2.23. The van der Waals surface area contributed by atoms with Crippen molar-refractivity contribution in [2.24, 2.45) is 5.73 Å². The van der Waals surface area contributed by atoms with Crippen molar-refractivity contribution >= 4 is 10.0 Å². The van der Waals surface area contributed by atoms with Gasteiger partial charge in [0.1, 0.15) is 0 Å². The highest BCUT2D eigenvalue weighted by Gasteiger charge is 2.29. The maximum absolute atomic E-state index is 13.5. The summed E-state index contributed by atoms with van der Waals surface area (Å²) in [5.74, 6) is -0.697. The van der Waals surface area contributed by atoms with Crippen molar-refractivity contribution in [3.63, 3.8) is 0 Å². The Hall–Kier alpha value is -1.18. The lowest BCUT2D eigenvalue weighted by Gasteiger charge is -2.17. The molecule has 5 nitrogen and oxygen atoms in total. The molecule has 0 radical (unpaired) electrons.